The summed E-state index contributed by atoms with van der Waals surface area (Å²) in [5, 5.41) is 3.44. The number of ether oxygens (including phenoxy) is 2. The van der Waals surface area contributed by atoms with E-state index in [0.717, 1.165) is 34.6 Å². The number of benzene rings is 1. The summed E-state index contributed by atoms with van der Waals surface area (Å²) in [4.78, 5) is 0. The molecular weight excluding hydrogens is 306 g/mol. The van der Waals surface area contributed by atoms with Crippen LogP contribution in [0.1, 0.15) is 39.2 Å². The van der Waals surface area contributed by atoms with Crippen LogP contribution in [0.2, 0.25) is 0 Å². The summed E-state index contributed by atoms with van der Waals surface area (Å²) in [6.07, 6.45) is 2.50. The predicted molar refractivity (Wildman–Crippen MR) is 83.1 cm³/mol. The van der Waals surface area contributed by atoms with Gasteiger partial charge in [-0.05, 0) is 38.9 Å². The zero-order valence-corrected chi connectivity index (χ0v) is 13.8. The Morgan fingerprint density at radius 1 is 1.32 bits per heavy atom. The lowest BCUT2D eigenvalue weighted by atomic mass is 10.1. The molecule has 1 aromatic carbocycles. The molecule has 0 spiro atoms. The van der Waals surface area contributed by atoms with E-state index >= 15 is 0 Å². The highest BCUT2D eigenvalue weighted by Gasteiger charge is 2.15. The average molecular weight is 330 g/mol. The monoisotopic (exact) mass is 329 g/mol. The second kappa shape index (κ2) is 8.43. The molecule has 1 rings (SSSR count). The molecule has 0 aromatic heterocycles. The molecule has 0 aliphatic rings. The zero-order valence-electron chi connectivity index (χ0n) is 12.3. The lowest BCUT2D eigenvalue weighted by Gasteiger charge is -2.19. The number of nitrogens with one attached hydrogen (secondary N) is 1. The Labute approximate surface area is 124 Å². The quantitative estimate of drug-likeness (QED) is 0.727. The van der Waals surface area contributed by atoms with Crippen molar-refractivity contribution < 1.29 is 9.47 Å². The van der Waals surface area contributed by atoms with Gasteiger partial charge >= 0.3 is 0 Å². The molecule has 0 atom stereocenters. The van der Waals surface area contributed by atoms with Gasteiger partial charge in [0.05, 0.1) is 13.2 Å². The second-order valence-corrected chi connectivity index (χ2v) is 5.61. The summed E-state index contributed by atoms with van der Waals surface area (Å²) < 4.78 is 12.4. The third kappa shape index (κ3) is 5.03. The minimum atomic E-state index is 0.123. The molecule has 4 heteroatoms. The van der Waals surface area contributed by atoms with Crippen LogP contribution in [0, 0.1) is 0 Å². The fourth-order valence-electron chi connectivity index (χ4n) is 1.79. The van der Waals surface area contributed by atoms with E-state index in [4.69, 9.17) is 9.47 Å². The molecule has 0 aliphatic heterocycles. The molecule has 0 fully saturated rings. The molecule has 1 N–H and O–H groups in total. The summed E-state index contributed by atoms with van der Waals surface area (Å²) in [6.45, 7) is 8.03. The molecule has 0 amide bonds. The molecule has 0 saturated carbocycles. The summed E-state index contributed by atoms with van der Waals surface area (Å²) >= 11 is 3.59. The Balaban J connectivity index is 2.91. The van der Waals surface area contributed by atoms with Gasteiger partial charge in [0.1, 0.15) is 0 Å². The van der Waals surface area contributed by atoms with E-state index in [1.54, 1.807) is 7.11 Å². The third-order valence-corrected chi connectivity index (χ3v) is 3.49. The van der Waals surface area contributed by atoms with Crippen molar-refractivity contribution in [2.75, 3.05) is 13.7 Å². The maximum atomic E-state index is 5.91. The predicted octanol–water partition coefficient (Wildman–Crippen LogP) is 4.13. The van der Waals surface area contributed by atoms with E-state index in [-0.39, 0.29) is 6.10 Å². The third-order valence-electron chi connectivity index (χ3n) is 2.75. The Morgan fingerprint density at radius 3 is 2.63 bits per heavy atom. The van der Waals surface area contributed by atoms with Crippen LogP contribution in [-0.4, -0.2) is 19.8 Å². The number of hydrogen-bond acceptors (Lipinski definition) is 3. The molecule has 0 saturated heterocycles. The molecule has 0 bridgehead atoms. The summed E-state index contributed by atoms with van der Waals surface area (Å²) in [6, 6.07) is 3.93. The van der Waals surface area contributed by atoms with E-state index in [1.807, 2.05) is 26.0 Å². The number of rotatable bonds is 8. The Bertz CT molecular complexity index is 394. The van der Waals surface area contributed by atoms with Gasteiger partial charge in [-0.1, -0.05) is 29.3 Å². The Hall–Kier alpha value is -0.740. The van der Waals surface area contributed by atoms with Crippen molar-refractivity contribution in [3.63, 3.8) is 0 Å². The van der Waals surface area contributed by atoms with Crippen molar-refractivity contribution >= 4 is 15.9 Å². The first-order valence-electron chi connectivity index (χ1n) is 6.82. The van der Waals surface area contributed by atoms with Crippen LogP contribution < -0.4 is 14.8 Å². The summed E-state index contributed by atoms with van der Waals surface area (Å²) in [5.41, 5.74) is 1.11. The van der Waals surface area contributed by atoms with Crippen LogP contribution in [0.4, 0.5) is 0 Å². The van der Waals surface area contributed by atoms with Gasteiger partial charge in [0.2, 0.25) is 0 Å². The average Bonchev–Trinajstić information content (AvgIpc) is 2.37. The molecule has 19 heavy (non-hydrogen) atoms. The van der Waals surface area contributed by atoms with Gasteiger partial charge in [-0.15, -0.1) is 0 Å². The number of hydrogen-bond donors (Lipinski definition) is 1. The highest BCUT2D eigenvalue weighted by Crippen LogP contribution is 2.36. The topological polar surface area (TPSA) is 30.5 Å². The van der Waals surface area contributed by atoms with E-state index in [2.05, 4.69) is 28.2 Å². The fourth-order valence-corrected chi connectivity index (χ4v) is 2.24. The summed E-state index contributed by atoms with van der Waals surface area (Å²) in [5.74, 6) is 1.61. The molecule has 108 valence electrons. The summed E-state index contributed by atoms with van der Waals surface area (Å²) in [7, 11) is 1.67. The van der Waals surface area contributed by atoms with E-state index in [9.17, 15) is 0 Å². The number of methoxy groups -OCH3 is 1. The van der Waals surface area contributed by atoms with Crippen molar-refractivity contribution in [2.24, 2.45) is 0 Å². The van der Waals surface area contributed by atoms with Crippen LogP contribution in [0.5, 0.6) is 11.5 Å². The van der Waals surface area contributed by atoms with Crippen molar-refractivity contribution in [1.29, 1.82) is 0 Å². The van der Waals surface area contributed by atoms with Gasteiger partial charge in [0.15, 0.2) is 11.5 Å². The lowest BCUT2D eigenvalue weighted by molar-refractivity contribution is 0.227. The lowest BCUT2D eigenvalue weighted by Crippen LogP contribution is -2.17. The highest BCUT2D eigenvalue weighted by molar-refractivity contribution is 9.10. The maximum absolute atomic E-state index is 5.91. The van der Waals surface area contributed by atoms with Gasteiger partial charge < -0.3 is 14.8 Å². The molecule has 1 aromatic rings. The van der Waals surface area contributed by atoms with Crippen molar-refractivity contribution in [1.82, 2.24) is 5.32 Å². The Kier molecular flexibility index (Phi) is 7.24. The highest BCUT2D eigenvalue weighted by atomic mass is 79.9. The van der Waals surface area contributed by atoms with Gasteiger partial charge in [-0.2, -0.15) is 0 Å². The molecular formula is C15H24BrNO2. The second-order valence-electron chi connectivity index (χ2n) is 4.75. The molecule has 0 radical (unpaired) electrons. The SMILES string of the molecule is CCCCNCc1c(Br)ccc(OC)c1OC(C)C. The smallest absolute Gasteiger partial charge is 0.167 e. The van der Waals surface area contributed by atoms with Crippen molar-refractivity contribution in [3.05, 3.63) is 22.2 Å². The number of unbranched alkanes of at least 4 members (excludes halogenated alkanes) is 1. The molecule has 0 heterocycles. The zero-order chi connectivity index (χ0) is 14.3. The largest absolute Gasteiger partial charge is 0.493 e. The van der Waals surface area contributed by atoms with Crippen LogP contribution in [0.3, 0.4) is 0 Å². The normalized spacial score (nSPS) is 10.8. The van der Waals surface area contributed by atoms with Gasteiger partial charge in [-0.3, -0.25) is 0 Å². The minimum Gasteiger partial charge on any atom is -0.493 e. The maximum Gasteiger partial charge on any atom is 0.167 e. The van der Waals surface area contributed by atoms with Gasteiger partial charge in [-0.25, -0.2) is 0 Å². The first-order valence-corrected chi connectivity index (χ1v) is 7.62. The Morgan fingerprint density at radius 2 is 2.05 bits per heavy atom. The van der Waals surface area contributed by atoms with Crippen LogP contribution in [-0.2, 0) is 6.54 Å². The molecule has 0 unspecified atom stereocenters. The first-order chi connectivity index (χ1) is 9.10. The fraction of sp³-hybridized carbons (Fsp3) is 0.600. The van der Waals surface area contributed by atoms with Gasteiger partial charge in [0, 0.05) is 16.6 Å². The van der Waals surface area contributed by atoms with Crippen molar-refractivity contribution in [2.45, 2.75) is 46.3 Å². The van der Waals surface area contributed by atoms with Gasteiger partial charge in [0.25, 0.3) is 0 Å². The van der Waals surface area contributed by atoms with Crippen LogP contribution >= 0.6 is 15.9 Å². The minimum absolute atomic E-state index is 0.123. The van der Waals surface area contributed by atoms with Crippen molar-refractivity contribution in [3.8, 4) is 11.5 Å². The standard InChI is InChI=1S/C15H24BrNO2/c1-5-6-9-17-10-12-13(16)7-8-14(18-4)15(12)19-11(2)3/h7-8,11,17H,5-6,9-10H2,1-4H3. The van der Waals surface area contributed by atoms with E-state index in [0.29, 0.717) is 0 Å². The van der Waals surface area contributed by atoms with E-state index < -0.39 is 0 Å². The number of halogens is 1. The first kappa shape index (κ1) is 16.3. The van der Waals surface area contributed by atoms with E-state index in [1.165, 1.54) is 12.8 Å². The van der Waals surface area contributed by atoms with Crippen LogP contribution in [0.15, 0.2) is 16.6 Å². The molecule has 0 aliphatic carbocycles. The molecule has 3 nitrogen and oxygen atoms in total. The van der Waals surface area contributed by atoms with Crippen LogP contribution in [0.25, 0.3) is 0 Å².